The molecule has 0 aliphatic heterocycles. The van der Waals surface area contributed by atoms with Crippen LogP contribution < -0.4 is 0 Å². The van der Waals surface area contributed by atoms with Crippen molar-refractivity contribution in [3.05, 3.63) is 0 Å². The Kier molecular flexibility index (Phi) is 7.24. The van der Waals surface area contributed by atoms with Gasteiger partial charge < -0.3 is 13.3 Å². The molecule has 0 rings (SSSR count). The zero-order chi connectivity index (χ0) is 15.4. The van der Waals surface area contributed by atoms with Gasteiger partial charge in [0, 0.05) is 23.9 Å². The van der Waals surface area contributed by atoms with Gasteiger partial charge in [-0.15, -0.1) is 0 Å². The molecule has 1 atom stereocenters. The van der Waals surface area contributed by atoms with E-state index in [0.717, 1.165) is 0 Å². The lowest BCUT2D eigenvalue weighted by atomic mass is 9.93. The van der Waals surface area contributed by atoms with Crippen LogP contribution in [-0.2, 0) is 13.3 Å². The Morgan fingerprint density at radius 3 is 1.05 bits per heavy atom. The van der Waals surface area contributed by atoms with E-state index >= 15 is 0 Å². The Balaban J connectivity index is 5.45. The predicted octanol–water partition coefficient (Wildman–Crippen LogP) is 4.64. The summed E-state index contributed by atoms with van der Waals surface area (Å²) < 4.78 is 18.7. The maximum absolute atomic E-state index is 6.24. The van der Waals surface area contributed by atoms with Gasteiger partial charge in [0.15, 0.2) is 0 Å². The van der Waals surface area contributed by atoms with Crippen LogP contribution in [0, 0.1) is 5.41 Å². The molecule has 0 aromatic carbocycles. The van der Waals surface area contributed by atoms with Crippen molar-refractivity contribution in [1.82, 2.24) is 0 Å². The molecule has 4 heteroatoms. The second-order valence-electron chi connectivity index (χ2n) is 7.19. The van der Waals surface area contributed by atoms with E-state index in [1.54, 1.807) is 0 Å². The molecule has 116 valence electrons. The van der Waals surface area contributed by atoms with Gasteiger partial charge in [-0.3, -0.25) is 0 Å². The zero-order valence-electron chi connectivity index (χ0n) is 14.5. The van der Waals surface area contributed by atoms with Gasteiger partial charge in [0.05, 0.1) is 0 Å². The molecule has 0 spiro atoms. The second-order valence-corrected chi connectivity index (χ2v) is 9.97. The van der Waals surface area contributed by atoms with Crippen molar-refractivity contribution in [1.29, 1.82) is 0 Å². The van der Waals surface area contributed by atoms with Gasteiger partial charge in [-0.05, 0) is 47.0 Å². The van der Waals surface area contributed by atoms with Gasteiger partial charge >= 0.3 is 8.80 Å². The monoisotopic (exact) mass is 290 g/mol. The van der Waals surface area contributed by atoms with Crippen LogP contribution in [0.15, 0.2) is 0 Å². The van der Waals surface area contributed by atoms with E-state index in [-0.39, 0.29) is 29.3 Å². The topological polar surface area (TPSA) is 27.7 Å². The maximum atomic E-state index is 6.24. The molecule has 0 bridgehead atoms. The molecule has 0 aromatic rings. The summed E-state index contributed by atoms with van der Waals surface area (Å²) in [5.74, 6) is 0. The first-order valence-corrected chi connectivity index (χ1v) is 9.24. The highest BCUT2D eigenvalue weighted by molar-refractivity contribution is 6.62. The van der Waals surface area contributed by atoms with Gasteiger partial charge in [0.2, 0.25) is 0 Å². The lowest BCUT2D eigenvalue weighted by Gasteiger charge is -2.43. The first-order valence-electron chi connectivity index (χ1n) is 7.44. The molecule has 0 aliphatic rings. The molecule has 0 amide bonds. The third-order valence-electron chi connectivity index (χ3n) is 3.03. The van der Waals surface area contributed by atoms with Crippen LogP contribution in [0.25, 0.3) is 0 Å². The fraction of sp³-hybridized carbons (Fsp3) is 1.00. The fourth-order valence-electron chi connectivity index (χ4n) is 1.91. The zero-order valence-corrected chi connectivity index (χ0v) is 15.5. The molecular formula is C15H34O3Si. The van der Waals surface area contributed by atoms with Gasteiger partial charge in [0.25, 0.3) is 0 Å². The van der Waals surface area contributed by atoms with Crippen molar-refractivity contribution in [3.63, 3.8) is 0 Å². The van der Waals surface area contributed by atoms with Crippen LogP contribution in [0.2, 0.25) is 5.54 Å². The summed E-state index contributed by atoms with van der Waals surface area (Å²) in [5, 5.41) is 0. The van der Waals surface area contributed by atoms with E-state index in [0.29, 0.717) is 0 Å². The standard InChI is InChI=1S/C15H34O3Si/c1-11(2)16-19(17-12(3)4,18-13(5)6)14(7)15(8,9)10/h11-14H,1-10H3. The van der Waals surface area contributed by atoms with E-state index < -0.39 is 8.80 Å². The van der Waals surface area contributed by atoms with Gasteiger partial charge in [-0.2, -0.15) is 0 Å². The summed E-state index contributed by atoms with van der Waals surface area (Å²) in [4.78, 5) is 0. The first kappa shape index (κ1) is 19.1. The third kappa shape index (κ3) is 6.39. The maximum Gasteiger partial charge on any atom is 0.505 e. The number of rotatable bonds is 7. The Hall–Kier alpha value is 0.0969. The normalized spacial score (nSPS) is 15.6. The SMILES string of the molecule is CC(C)O[Si](OC(C)C)(OC(C)C)C(C)C(C)(C)C. The first-order chi connectivity index (χ1) is 8.40. The van der Waals surface area contributed by atoms with Gasteiger partial charge in [-0.1, -0.05) is 27.7 Å². The third-order valence-corrected chi connectivity index (χ3v) is 7.36. The highest BCUT2D eigenvalue weighted by atomic mass is 28.4. The predicted molar refractivity (Wildman–Crippen MR) is 83.3 cm³/mol. The second kappa shape index (κ2) is 7.20. The van der Waals surface area contributed by atoms with Crippen LogP contribution in [0.1, 0.15) is 69.2 Å². The Morgan fingerprint density at radius 1 is 0.632 bits per heavy atom. The Bertz CT molecular complexity index is 230. The molecule has 0 N–H and O–H groups in total. The average Bonchev–Trinajstić information content (AvgIpc) is 2.11. The van der Waals surface area contributed by atoms with Crippen LogP contribution in [0.4, 0.5) is 0 Å². The van der Waals surface area contributed by atoms with Crippen molar-refractivity contribution in [2.45, 2.75) is 93.1 Å². The fourth-order valence-corrected chi connectivity index (χ4v) is 5.72. The quantitative estimate of drug-likeness (QED) is 0.639. The van der Waals surface area contributed by atoms with Crippen LogP contribution in [0.3, 0.4) is 0 Å². The minimum Gasteiger partial charge on any atom is -0.371 e. The van der Waals surface area contributed by atoms with Crippen LogP contribution >= 0.6 is 0 Å². The summed E-state index contributed by atoms with van der Waals surface area (Å²) in [6.07, 6.45) is 0.317. The molecule has 0 radical (unpaired) electrons. The van der Waals surface area contributed by atoms with E-state index in [1.807, 2.05) is 41.5 Å². The molecule has 0 saturated carbocycles. The summed E-state index contributed by atoms with van der Waals surface area (Å²) in [6.45, 7) is 21.1. The van der Waals surface area contributed by atoms with E-state index in [9.17, 15) is 0 Å². The van der Waals surface area contributed by atoms with E-state index in [4.69, 9.17) is 13.3 Å². The van der Waals surface area contributed by atoms with Crippen molar-refractivity contribution in [2.24, 2.45) is 5.41 Å². The Labute approximate surface area is 121 Å². The smallest absolute Gasteiger partial charge is 0.371 e. The highest BCUT2D eigenvalue weighted by Crippen LogP contribution is 2.42. The molecular weight excluding hydrogens is 256 g/mol. The highest BCUT2D eigenvalue weighted by Gasteiger charge is 2.53. The molecule has 0 saturated heterocycles. The van der Waals surface area contributed by atoms with Crippen molar-refractivity contribution in [3.8, 4) is 0 Å². The van der Waals surface area contributed by atoms with Gasteiger partial charge in [-0.25, -0.2) is 0 Å². The summed E-state index contributed by atoms with van der Waals surface area (Å²) >= 11 is 0. The Morgan fingerprint density at radius 2 is 0.895 bits per heavy atom. The largest absolute Gasteiger partial charge is 0.505 e. The average molecular weight is 291 g/mol. The van der Waals surface area contributed by atoms with E-state index in [1.165, 1.54) is 0 Å². The van der Waals surface area contributed by atoms with Gasteiger partial charge in [0.1, 0.15) is 0 Å². The molecule has 0 fully saturated rings. The molecule has 0 heterocycles. The molecule has 19 heavy (non-hydrogen) atoms. The summed E-state index contributed by atoms with van der Waals surface area (Å²) in [6, 6.07) is 0. The lowest BCUT2D eigenvalue weighted by molar-refractivity contribution is -0.0126. The van der Waals surface area contributed by atoms with Crippen LogP contribution in [-0.4, -0.2) is 27.1 Å². The molecule has 0 aliphatic carbocycles. The number of hydrogen-bond acceptors (Lipinski definition) is 3. The number of hydrogen-bond donors (Lipinski definition) is 0. The molecule has 3 nitrogen and oxygen atoms in total. The summed E-state index contributed by atoms with van der Waals surface area (Å²) in [5.41, 5.74) is 0.331. The van der Waals surface area contributed by atoms with Crippen molar-refractivity contribution < 1.29 is 13.3 Å². The summed E-state index contributed by atoms with van der Waals surface area (Å²) in [7, 11) is -2.72. The molecule has 0 aromatic heterocycles. The van der Waals surface area contributed by atoms with Crippen LogP contribution in [0.5, 0.6) is 0 Å². The minimum absolute atomic E-state index is 0.0882. The van der Waals surface area contributed by atoms with Crippen molar-refractivity contribution in [2.75, 3.05) is 0 Å². The van der Waals surface area contributed by atoms with Crippen molar-refractivity contribution >= 4 is 8.80 Å². The molecule has 1 unspecified atom stereocenters. The minimum atomic E-state index is -2.72. The van der Waals surface area contributed by atoms with E-state index in [2.05, 4.69) is 27.7 Å². The lowest BCUT2D eigenvalue weighted by Crippen LogP contribution is -2.56.